The summed E-state index contributed by atoms with van der Waals surface area (Å²) in [6.45, 7) is 6.44. The molecule has 1 heterocycles. The van der Waals surface area contributed by atoms with Crippen molar-refractivity contribution in [2.24, 2.45) is 10.9 Å². The van der Waals surface area contributed by atoms with Crippen molar-refractivity contribution in [3.05, 3.63) is 0 Å². The molecule has 0 radical (unpaired) electrons. The number of piperidine rings is 1. The first kappa shape index (κ1) is 25.4. The molecule has 0 aromatic rings. The molecule has 2 N–H and O–H groups in total. The lowest BCUT2D eigenvalue weighted by Gasteiger charge is -2.35. The summed E-state index contributed by atoms with van der Waals surface area (Å²) in [5.74, 6) is 1.48. The number of hydrogen-bond acceptors (Lipinski definition) is 4. The van der Waals surface area contributed by atoms with Crippen LogP contribution < -0.4 is 10.6 Å². The molecule has 0 aromatic carbocycles. The number of halogens is 1. The third-order valence-electron chi connectivity index (χ3n) is 5.84. The lowest BCUT2D eigenvalue weighted by molar-refractivity contribution is -0.127. The maximum atomic E-state index is 12.0. The van der Waals surface area contributed by atoms with Gasteiger partial charge in [0.05, 0.1) is 6.61 Å². The predicted molar refractivity (Wildman–Crippen MR) is 125 cm³/mol. The van der Waals surface area contributed by atoms with E-state index < -0.39 is 0 Å². The number of likely N-dealkylation sites (N-methyl/N-ethyl adjacent to an activating group) is 1. The van der Waals surface area contributed by atoms with E-state index in [1.165, 1.54) is 25.7 Å². The molecular weight excluding hydrogens is 469 g/mol. The summed E-state index contributed by atoms with van der Waals surface area (Å²) in [5.41, 5.74) is 0. The number of rotatable bonds is 7. The average Bonchev–Trinajstić information content (AvgIpc) is 2.66. The standard InChI is InChI=1S/C20H39N5O2.HI/c1-16-7-5-6-8-18(16)23-20(21-15-19(26)24(2)3)22-17-9-11-25(12-10-17)13-14-27-4;/h16-18H,5-15H2,1-4H3,(H2,21,22,23);1H. The van der Waals surface area contributed by atoms with Gasteiger partial charge in [0, 0.05) is 52.9 Å². The number of methoxy groups -OCH3 is 1. The minimum Gasteiger partial charge on any atom is -0.383 e. The molecule has 7 nitrogen and oxygen atoms in total. The Bertz CT molecular complexity index is 481. The van der Waals surface area contributed by atoms with Crippen molar-refractivity contribution in [2.45, 2.75) is 57.5 Å². The highest BCUT2D eigenvalue weighted by Crippen LogP contribution is 2.23. The van der Waals surface area contributed by atoms with Gasteiger partial charge in [0.25, 0.3) is 0 Å². The van der Waals surface area contributed by atoms with Crippen LogP contribution in [0.25, 0.3) is 0 Å². The van der Waals surface area contributed by atoms with Crippen LogP contribution >= 0.6 is 24.0 Å². The maximum absolute atomic E-state index is 12.0. The minimum atomic E-state index is 0. The number of carbonyl (C=O) groups is 1. The topological polar surface area (TPSA) is 69.2 Å². The van der Waals surface area contributed by atoms with E-state index in [9.17, 15) is 4.79 Å². The van der Waals surface area contributed by atoms with Gasteiger partial charge in [-0.05, 0) is 31.6 Å². The van der Waals surface area contributed by atoms with Crippen molar-refractivity contribution in [1.82, 2.24) is 20.4 Å². The number of nitrogens with one attached hydrogen (secondary N) is 2. The van der Waals surface area contributed by atoms with E-state index in [-0.39, 0.29) is 36.4 Å². The Hall–Kier alpha value is -0.610. The van der Waals surface area contributed by atoms with Gasteiger partial charge < -0.3 is 25.2 Å². The summed E-state index contributed by atoms with van der Waals surface area (Å²) in [6.07, 6.45) is 7.21. The summed E-state index contributed by atoms with van der Waals surface area (Å²) in [4.78, 5) is 20.6. The summed E-state index contributed by atoms with van der Waals surface area (Å²) < 4.78 is 5.18. The quantitative estimate of drug-likeness (QED) is 0.312. The van der Waals surface area contributed by atoms with Crippen LogP contribution in [0.2, 0.25) is 0 Å². The highest BCUT2D eigenvalue weighted by molar-refractivity contribution is 14.0. The second-order valence-electron chi connectivity index (χ2n) is 8.22. The largest absolute Gasteiger partial charge is 0.383 e. The number of ether oxygens (including phenoxy) is 1. The van der Waals surface area contributed by atoms with E-state index in [4.69, 9.17) is 4.74 Å². The van der Waals surface area contributed by atoms with E-state index in [1.54, 1.807) is 26.1 Å². The molecule has 2 aliphatic rings. The molecule has 0 spiro atoms. The Morgan fingerprint density at radius 2 is 1.82 bits per heavy atom. The SMILES string of the molecule is COCCN1CCC(NC(=NCC(=O)N(C)C)NC2CCCCC2C)CC1.I. The van der Waals surface area contributed by atoms with Crippen LogP contribution in [0, 0.1) is 5.92 Å². The van der Waals surface area contributed by atoms with Crippen molar-refractivity contribution >= 4 is 35.8 Å². The highest BCUT2D eigenvalue weighted by atomic mass is 127. The Morgan fingerprint density at radius 3 is 2.43 bits per heavy atom. The van der Waals surface area contributed by atoms with Gasteiger partial charge in [-0.1, -0.05) is 19.8 Å². The first-order valence-electron chi connectivity index (χ1n) is 10.5. The number of guanidine groups is 1. The third-order valence-corrected chi connectivity index (χ3v) is 5.84. The molecule has 1 aliphatic carbocycles. The molecule has 1 saturated carbocycles. The fourth-order valence-electron chi connectivity index (χ4n) is 3.84. The molecule has 2 rings (SSSR count). The lowest BCUT2D eigenvalue weighted by atomic mass is 9.86. The zero-order valence-corrected chi connectivity index (χ0v) is 20.4. The number of nitrogens with zero attached hydrogens (tertiary/aromatic N) is 3. The Morgan fingerprint density at radius 1 is 1.14 bits per heavy atom. The van der Waals surface area contributed by atoms with Crippen LogP contribution in [0.3, 0.4) is 0 Å². The van der Waals surface area contributed by atoms with Crippen LogP contribution in [-0.4, -0.2) is 87.7 Å². The monoisotopic (exact) mass is 509 g/mol. The zero-order valence-electron chi connectivity index (χ0n) is 18.1. The molecule has 1 aliphatic heterocycles. The van der Waals surface area contributed by atoms with Gasteiger partial charge in [-0.25, -0.2) is 4.99 Å². The Kier molecular flexibility index (Phi) is 12.3. The second-order valence-corrected chi connectivity index (χ2v) is 8.22. The van der Waals surface area contributed by atoms with E-state index in [2.05, 4.69) is 27.4 Å². The van der Waals surface area contributed by atoms with Gasteiger partial charge in [0.1, 0.15) is 6.54 Å². The van der Waals surface area contributed by atoms with Crippen LogP contribution in [-0.2, 0) is 9.53 Å². The van der Waals surface area contributed by atoms with Gasteiger partial charge in [-0.3, -0.25) is 4.79 Å². The van der Waals surface area contributed by atoms with E-state index >= 15 is 0 Å². The van der Waals surface area contributed by atoms with Crippen LogP contribution in [0.15, 0.2) is 4.99 Å². The van der Waals surface area contributed by atoms with Crippen molar-refractivity contribution in [1.29, 1.82) is 0 Å². The average molecular weight is 509 g/mol. The van der Waals surface area contributed by atoms with E-state index in [0.717, 1.165) is 45.0 Å². The maximum Gasteiger partial charge on any atom is 0.243 e. The molecule has 1 saturated heterocycles. The van der Waals surface area contributed by atoms with Gasteiger partial charge in [-0.2, -0.15) is 0 Å². The summed E-state index contributed by atoms with van der Waals surface area (Å²) in [7, 11) is 5.30. The zero-order chi connectivity index (χ0) is 19.6. The van der Waals surface area contributed by atoms with E-state index in [1.807, 2.05) is 0 Å². The molecule has 1 amide bonds. The first-order chi connectivity index (χ1) is 13.0. The summed E-state index contributed by atoms with van der Waals surface area (Å²) in [6, 6.07) is 0.852. The van der Waals surface area contributed by atoms with Crippen LogP contribution in [0.1, 0.15) is 45.4 Å². The smallest absolute Gasteiger partial charge is 0.243 e. The lowest BCUT2D eigenvalue weighted by Crippen LogP contribution is -2.53. The number of amides is 1. The molecule has 0 aromatic heterocycles. The Balaban J connectivity index is 0.00000392. The molecular formula is C20H40IN5O2. The van der Waals surface area contributed by atoms with E-state index in [0.29, 0.717) is 18.0 Å². The molecule has 8 heteroatoms. The molecule has 0 bridgehead atoms. The van der Waals surface area contributed by atoms with Gasteiger partial charge in [0.15, 0.2) is 5.96 Å². The van der Waals surface area contributed by atoms with Crippen molar-refractivity contribution in [2.75, 3.05) is 54.0 Å². The van der Waals surface area contributed by atoms with Crippen LogP contribution in [0.5, 0.6) is 0 Å². The Labute approximate surface area is 188 Å². The number of likely N-dealkylation sites (tertiary alicyclic amines) is 1. The predicted octanol–water partition coefficient (Wildman–Crippen LogP) is 1.92. The summed E-state index contributed by atoms with van der Waals surface area (Å²) in [5, 5.41) is 7.23. The molecule has 28 heavy (non-hydrogen) atoms. The molecule has 2 unspecified atom stereocenters. The van der Waals surface area contributed by atoms with Gasteiger partial charge >= 0.3 is 0 Å². The number of carbonyl (C=O) groups excluding carboxylic acids is 1. The van der Waals surface area contributed by atoms with Gasteiger partial charge in [-0.15, -0.1) is 24.0 Å². The fraction of sp³-hybridized carbons (Fsp3) is 0.900. The number of hydrogen-bond donors (Lipinski definition) is 2. The minimum absolute atomic E-state index is 0. The second kappa shape index (κ2) is 13.6. The molecule has 164 valence electrons. The first-order valence-corrected chi connectivity index (χ1v) is 10.5. The fourth-order valence-corrected chi connectivity index (χ4v) is 3.84. The third kappa shape index (κ3) is 8.82. The molecule has 2 atom stereocenters. The highest BCUT2D eigenvalue weighted by Gasteiger charge is 2.24. The normalized spacial score (nSPS) is 24.4. The van der Waals surface area contributed by atoms with Crippen molar-refractivity contribution < 1.29 is 9.53 Å². The van der Waals surface area contributed by atoms with Crippen molar-refractivity contribution in [3.63, 3.8) is 0 Å². The molecule has 2 fully saturated rings. The summed E-state index contributed by atoms with van der Waals surface area (Å²) >= 11 is 0. The van der Waals surface area contributed by atoms with Crippen molar-refractivity contribution in [3.8, 4) is 0 Å². The van der Waals surface area contributed by atoms with Crippen LogP contribution in [0.4, 0.5) is 0 Å². The van der Waals surface area contributed by atoms with Gasteiger partial charge in [0.2, 0.25) is 5.91 Å². The number of aliphatic imine (C=N–C) groups is 1.